The normalized spacial score (nSPS) is 14.2. The summed E-state index contributed by atoms with van der Waals surface area (Å²) in [6.07, 6.45) is 2.26. The van der Waals surface area contributed by atoms with Crippen molar-refractivity contribution < 1.29 is 23.1 Å². The average Bonchev–Trinajstić information content (AvgIpc) is 3.31. The molecule has 0 aliphatic carbocycles. The third-order valence-electron chi connectivity index (χ3n) is 5.18. The zero-order valence-electron chi connectivity index (χ0n) is 17.4. The zero-order valence-corrected chi connectivity index (χ0v) is 18.1. The van der Waals surface area contributed by atoms with Crippen LogP contribution in [0.1, 0.15) is 23.3 Å². The van der Waals surface area contributed by atoms with Crippen LogP contribution >= 0.6 is 11.6 Å². The van der Waals surface area contributed by atoms with Gasteiger partial charge in [-0.05, 0) is 30.3 Å². The Morgan fingerprint density at radius 1 is 1.12 bits per heavy atom. The van der Waals surface area contributed by atoms with Gasteiger partial charge in [0.25, 0.3) is 5.91 Å². The minimum Gasteiger partial charge on any atom is -0.489 e. The van der Waals surface area contributed by atoms with Crippen molar-refractivity contribution in [2.75, 3.05) is 19.6 Å². The number of rotatable bonds is 6. The third-order valence-corrected chi connectivity index (χ3v) is 5.49. The molecule has 0 saturated carbocycles. The van der Waals surface area contributed by atoms with Crippen LogP contribution in [0.4, 0.5) is 8.78 Å². The maximum Gasteiger partial charge on any atom is 0.273 e. The second-order valence-corrected chi connectivity index (χ2v) is 7.89. The molecule has 2 amide bonds. The highest BCUT2D eigenvalue weighted by Gasteiger charge is 2.25. The molecule has 8 nitrogen and oxygen atoms in total. The van der Waals surface area contributed by atoms with E-state index in [1.165, 1.54) is 47.3 Å². The van der Waals surface area contributed by atoms with Crippen molar-refractivity contribution >= 4 is 23.4 Å². The van der Waals surface area contributed by atoms with Crippen molar-refractivity contribution in [1.82, 2.24) is 25.2 Å². The zero-order chi connectivity index (χ0) is 23.4. The van der Waals surface area contributed by atoms with Gasteiger partial charge >= 0.3 is 0 Å². The van der Waals surface area contributed by atoms with Crippen molar-refractivity contribution in [3.8, 4) is 11.4 Å². The van der Waals surface area contributed by atoms with E-state index >= 15 is 0 Å². The Bertz CT molecular complexity index is 1160. The molecule has 2 heterocycles. The van der Waals surface area contributed by atoms with Gasteiger partial charge in [0.1, 0.15) is 23.5 Å². The number of hydrogen-bond donors (Lipinski definition) is 1. The number of likely N-dealkylation sites (tertiary alicyclic amines) is 1. The summed E-state index contributed by atoms with van der Waals surface area (Å²) < 4.78 is 33.8. The lowest BCUT2D eigenvalue weighted by Gasteiger charge is -2.32. The number of carbonyl (C=O) groups is 2. The van der Waals surface area contributed by atoms with Crippen LogP contribution in [0.25, 0.3) is 5.69 Å². The molecule has 0 spiro atoms. The van der Waals surface area contributed by atoms with Crippen molar-refractivity contribution in [3.05, 3.63) is 71.0 Å². The Morgan fingerprint density at radius 2 is 1.88 bits per heavy atom. The van der Waals surface area contributed by atoms with Crippen LogP contribution in [0, 0.1) is 11.6 Å². The molecule has 4 rings (SSSR count). The molecule has 33 heavy (non-hydrogen) atoms. The average molecular weight is 476 g/mol. The van der Waals surface area contributed by atoms with Gasteiger partial charge in [0.15, 0.2) is 5.69 Å². The van der Waals surface area contributed by atoms with E-state index in [1.54, 1.807) is 11.0 Å². The first-order valence-electron chi connectivity index (χ1n) is 10.2. The highest BCUT2D eigenvalue weighted by atomic mass is 35.5. The molecule has 11 heteroatoms. The smallest absolute Gasteiger partial charge is 0.273 e. The molecule has 1 fully saturated rings. The number of nitrogens with zero attached hydrogens (tertiary/aromatic N) is 4. The molecule has 3 aromatic rings. The summed E-state index contributed by atoms with van der Waals surface area (Å²) in [5, 5.41) is 10.4. The quantitative estimate of drug-likeness (QED) is 0.592. The second-order valence-electron chi connectivity index (χ2n) is 7.48. The molecular formula is C22H20ClF2N5O3. The standard InChI is InChI=1S/C22H20ClF2N5O3/c23-18-5-4-15(25)11-20(18)33-17-6-8-29(9-7-17)21(31)12-26-22(32)19-13-30(28-27-19)16-3-1-2-14(24)10-16/h1-5,10-11,13,17H,6-9,12H2,(H,26,32). The molecule has 1 N–H and O–H groups in total. The molecule has 1 aromatic heterocycles. The molecule has 0 bridgehead atoms. The van der Waals surface area contributed by atoms with E-state index in [-0.39, 0.29) is 30.0 Å². The SMILES string of the molecule is O=C(NCC(=O)N1CCC(Oc2cc(F)ccc2Cl)CC1)c1cn(-c2cccc(F)c2)nn1. The van der Waals surface area contributed by atoms with Gasteiger partial charge in [0.2, 0.25) is 5.91 Å². The van der Waals surface area contributed by atoms with E-state index in [1.807, 2.05) is 0 Å². The van der Waals surface area contributed by atoms with E-state index < -0.39 is 17.5 Å². The molecule has 0 radical (unpaired) electrons. The van der Waals surface area contributed by atoms with Gasteiger partial charge in [-0.2, -0.15) is 0 Å². The Labute approximate surface area is 193 Å². The highest BCUT2D eigenvalue weighted by molar-refractivity contribution is 6.32. The van der Waals surface area contributed by atoms with Gasteiger partial charge in [0, 0.05) is 32.0 Å². The summed E-state index contributed by atoms with van der Waals surface area (Å²) in [5.41, 5.74) is 0.424. The fourth-order valence-electron chi connectivity index (χ4n) is 3.44. The number of aromatic nitrogens is 3. The maximum absolute atomic E-state index is 13.4. The number of nitrogens with one attached hydrogen (secondary N) is 1. The van der Waals surface area contributed by atoms with Crippen LogP contribution in [-0.4, -0.2) is 57.4 Å². The lowest BCUT2D eigenvalue weighted by Crippen LogP contribution is -2.46. The third kappa shape index (κ3) is 5.64. The van der Waals surface area contributed by atoms with Gasteiger partial charge < -0.3 is 15.0 Å². The van der Waals surface area contributed by atoms with Crippen molar-refractivity contribution in [3.63, 3.8) is 0 Å². The summed E-state index contributed by atoms with van der Waals surface area (Å²) in [4.78, 5) is 26.4. The van der Waals surface area contributed by atoms with E-state index in [9.17, 15) is 18.4 Å². The number of amides is 2. The van der Waals surface area contributed by atoms with Crippen LogP contribution < -0.4 is 10.1 Å². The summed E-state index contributed by atoms with van der Waals surface area (Å²) >= 11 is 6.04. The van der Waals surface area contributed by atoms with E-state index in [0.29, 0.717) is 36.6 Å². The summed E-state index contributed by atoms with van der Waals surface area (Å²) in [7, 11) is 0. The summed E-state index contributed by atoms with van der Waals surface area (Å²) in [6, 6.07) is 9.63. The van der Waals surface area contributed by atoms with Crippen LogP contribution in [-0.2, 0) is 4.79 Å². The number of carbonyl (C=O) groups excluding carboxylic acids is 2. The van der Waals surface area contributed by atoms with Crippen molar-refractivity contribution in [2.24, 2.45) is 0 Å². The molecule has 172 valence electrons. The first kappa shape index (κ1) is 22.7. The Balaban J connectivity index is 1.25. The Kier molecular flexibility index (Phi) is 6.83. The number of halogens is 3. The predicted octanol–water partition coefficient (Wildman–Crippen LogP) is 3.00. The van der Waals surface area contributed by atoms with E-state index in [4.69, 9.17) is 16.3 Å². The first-order chi connectivity index (χ1) is 15.9. The lowest BCUT2D eigenvalue weighted by atomic mass is 10.1. The summed E-state index contributed by atoms with van der Waals surface area (Å²) in [5.74, 6) is -1.41. The first-order valence-corrected chi connectivity index (χ1v) is 10.6. The number of hydrogen-bond acceptors (Lipinski definition) is 5. The highest BCUT2D eigenvalue weighted by Crippen LogP contribution is 2.28. The van der Waals surface area contributed by atoms with Gasteiger partial charge in [-0.15, -0.1) is 5.10 Å². The number of ether oxygens (including phenoxy) is 1. The summed E-state index contributed by atoms with van der Waals surface area (Å²) in [6.45, 7) is 0.664. The molecule has 2 aromatic carbocycles. The molecule has 1 aliphatic heterocycles. The molecule has 0 unspecified atom stereocenters. The van der Waals surface area contributed by atoms with Crippen LogP contribution in [0.15, 0.2) is 48.7 Å². The predicted molar refractivity (Wildman–Crippen MR) is 115 cm³/mol. The lowest BCUT2D eigenvalue weighted by molar-refractivity contribution is -0.131. The van der Waals surface area contributed by atoms with E-state index in [0.717, 1.165) is 0 Å². The molecule has 0 atom stereocenters. The van der Waals surface area contributed by atoms with Gasteiger partial charge in [-0.3, -0.25) is 9.59 Å². The molecular weight excluding hydrogens is 456 g/mol. The molecule has 1 saturated heterocycles. The van der Waals surface area contributed by atoms with Crippen LogP contribution in [0.3, 0.4) is 0 Å². The van der Waals surface area contributed by atoms with Gasteiger partial charge in [0.05, 0.1) is 23.5 Å². The topological polar surface area (TPSA) is 89.4 Å². The Morgan fingerprint density at radius 3 is 2.64 bits per heavy atom. The minimum atomic E-state index is -0.565. The fourth-order valence-corrected chi connectivity index (χ4v) is 3.60. The largest absolute Gasteiger partial charge is 0.489 e. The van der Waals surface area contributed by atoms with Crippen LogP contribution in [0.2, 0.25) is 5.02 Å². The monoisotopic (exact) mass is 475 g/mol. The van der Waals surface area contributed by atoms with Gasteiger partial charge in [-0.1, -0.05) is 22.9 Å². The minimum absolute atomic E-state index is 0.00569. The van der Waals surface area contributed by atoms with Crippen molar-refractivity contribution in [2.45, 2.75) is 18.9 Å². The number of benzene rings is 2. The Hall–Kier alpha value is -3.53. The second kappa shape index (κ2) is 9.95. The fraction of sp³-hybridized carbons (Fsp3) is 0.273. The maximum atomic E-state index is 13.4. The van der Waals surface area contributed by atoms with E-state index in [2.05, 4.69) is 15.6 Å². The van der Waals surface area contributed by atoms with Gasteiger partial charge in [-0.25, -0.2) is 13.5 Å². The molecule has 1 aliphatic rings. The van der Waals surface area contributed by atoms with Crippen molar-refractivity contribution in [1.29, 1.82) is 0 Å². The number of piperidine rings is 1. The van der Waals surface area contributed by atoms with Crippen LogP contribution in [0.5, 0.6) is 5.75 Å².